The molecule has 2 aromatic carbocycles. The average molecular weight is 288 g/mol. The third-order valence-electron chi connectivity index (χ3n) is 3.24. The Morgan fingerprint density at radius 2 is 1.85 bits per heavy atom. The number of Topliss-reactive ketones (excluding diaryl/α,β-unsaturated/α-hetero) is 1. The number of carbonyl (C=O) groups excluding carboxylic acids is 1. The van der Waals surface area contributed by atoms with Crippen LogP contribution >= 0.6 is 11.6 Å². The number of fused-ring (bicyclic) bond motifs is 1. The zero-order valence-electron chi connectivity index (χ0n) is 10.5. The quantitative estimate of drug-likeness (QED) is 0.658. The van der Waals surface area contributed by atoms with Crippen molar-refractivity contribution in [3.05, 3.63) is 71.1 Å². The minimum Gasteiger partial charge on any atom is -0.340 e. The fourth-order valence-electron chi connectivity index (χ4n) is 2.21. The van der Waals surface area contributed by atoms with E-state index >= 15 is 0 Å². The Morgan fingerprint density at radius 3 is 2.60 bits per heavy atom. The summed E-state index contributed by atoms with van der Waals surface area (Å²) in [6.07, 6.45) is 1.72. The van der Waals surface area contributed by atoms with Gasteiger partial charge in [-0.2, -0.15) is 0 Å². The van der Waals surface area contributed by atoms with Gasteiger partial charge < -0.3 is 4.57 Å². The molecule has 2 nitrogen and oxygen atoms in total. The van der Waals surface area contributed by atoms with Crippen LogP contribution in [0.25, 0.3) is 10.9 Å². The highest BCUT2D eigenvalue weighted by Crippen LogP contribution is 2.19. The molecule has 0 amide bonds. The summed E-state index contributed by atoms with van der Waals surface area (Å²) < 4.78 is 15.3. The lowest BCUT2D eigenvalue weighted by Crippen LogP contribution is -2.09. The number of hydrogen-bond acceptors (Lipinski definition) is 1. The summed E-state index contributed by atoms with van der Waals surface area (Å²) in [4.78, 5) is 12.2. The molecule has 1 aromatic heterocycles. The maximum Gasteiger partial charge on any atom is 0.182 e. The Bertz CT molecular complexity index is 777. The lowest BCUT2D eigenvalue weighted by Gasteiger charge is -2.05. The average Bonchev–Trinajstić information content (AvgIpc) is 2.84. The molecule has 0 unspecified atom stereocenters. The summed E-state index contributed by atoms with van der Waals surface area (Å²) in [6, 6.07) is 13.3. The molecule has 3 aromatic rings. The lowest BCUT2D eigenvalue weighted by molar-refractivity contribution is 0.0973. The summed E-state index contributed by atoms with van der Waals surface area (Å²) in [5.41, 5.74) is 1.31. The third-order valence-corrected chi connectivity index (χ3v) is 3.49. The summed E-state index contributed by atoms with van der Waals surface area (Å²) in [5.74, 6) is -0.316. The van der Waals surface area contributed by atoms with E-state index in [2.05, 4.69) is 0 Å². The molecule has 0 bridgehead atoms. The highest BCUT2D eigenvalue weighted by molar-refractivity contribution is 6.30. The molecule has 0 spiro atoms. The van der Waals surface area contributed by atoms with Crippen LogP contribution < -0.4 is 0 Å². The molecule has 4 heteroatoms. The Morgan fingerprint density at radius 1 is 1.10 bits per heavy atom. The van der Waals surface area contributed by atoms with Crippen LogP contribution in [0.5, 0.6) is 0 Å². The summed E-state index contributed by atoms with van der Waals surface area (Å²) in [5, 5.41) is 1.12. The molecular weight excluding hydrogens is 277 g/mol. The Balaban J connectivity index is 1.91. The van der Waals surface area contributed by atoms with Crippen LogP contribution in [0.1, 0.15) is 10.4 Å². The van der Waals surface area contributed by atoms with Gasteiger partial charge in [0.2, 0.25) is 0 Å². The predicted octanol–water partition coefficient (Wildman–Crippen LogP) is 4.32. The van der Waals surface area contributed by atoms with E-state index < -0.39 is 0 Å². The smallest absolute Gasteiger partial charge is 0.182 e. The molecule has 0 radical (unpaired) electrons. The van der Waals surface area contributed by atoms with E-state index in [1.54, 1.807) is 53.2 Å². The zero-order valence-corrected chi connectivity index (χ0v) is 11.3. The van der Waals surface area contributed by atoms with Gasteiger partial charge in [0, 0.05) is 22.2 Å². The number of ketones is 1. The van der Waals surface area contributed by atoms with Gasteiger partial charge >= 0.3 is 0 Å². The van der Waals surface area contributed by atoms with Gasteiger partial charge in [0.25, 0.3) is 0 Å². The molecule has 0 N–H and O–H groups in total. The van der Waals surface area contributed by atoms with Gasteiger partial charge in [-0.1, -0.05) is 17.7 Å². The molecular formula is C16H11ClFNO. The van der Waals surface area contributed by atoms with Crippen LogP contribution in [-0.4, -0.2) is 10.4 Å². The highest BCUT2D eigenvalue weighted by Gasteiger charge is 2.10. The summed E-state index contributed by atoms with van der Waals surface area (Å²) >= 11 is 5.80. The van der Waals surface area contributed by atoms with E-state index in [0.717, 1.165) is 0 Å². The van der Waals surface area contributed by atoms with Crippen molar-refractivity contribution in [3.63, 3.8) is 0 Å². The normalized spacial score (nSPS) is 10.9. The molecule has 0 saturated carbocycles. The number of rotatable bonds is 3. The first kappa shape index (κ1) is 12.9. The number of carbonyl (C=O) groups is 1. The second-order valence-corrected chi connectivity index (χ2v) is 4.98. The van der Waals surface area contributed by atoms with Crippen LogP contribution in [0.4, 0.5) is 4.39 Å². The predicted molar refractivity (Wildman–Crippen MR) is 77.7 cm³/mol. The van der Waals surface area contributed by atoms with Crippen molar-refractivity contribution in [1.82, 2.24) is 4.57 Å². The minimum absolute atomic E-state index is 0.0385. The topological polar surface area (TPSA) is 22.0 Å². The molecule has 0 atom stereocenters. The van der Waals surface area contributed by atoms with Crippen LogP contribution in [-0.2, 0) is 6.54 Å². The first-order valence-electron chi connectivity index (χ1n) is 6.17. The molecule has 100 valence electrons. The van der Waals surface area contributed by atoms with E-state index in [4.69, 9.17) is 11.6 Å². The summed E-state index contributed by atoms with van der Waals surface area (Å²) in [7, 11) is 0. The maximum absolute atomic E-state index is 13.6. The molecule has 0 saturated heterocycles. The van der Waals surface area contributed by atoms with Crippen LogP contribution in [0.3, 0.4) is 0 Å². The van der Waals surface area contributed by atoms with Gasteiger partial charge in [0.05, 0.1) is 12.1 Å². The maximum atomic E-state index is 13.6. The van der Waals surface area contributed by atoms with E-state index in [1.807, 2.05) is 0 Å². The van der Waals surface area contributed by atoms with Crippen molar-refractivity contribution in [1.29, 1.82) is 0 Å². The fraction of sp³-hybridized carbons (Fsp3) is 0.0625. The number of aromatic nitrogens is 1. The van der Waals surface area contributed by atoms with E-state index in [9.17, 15) is 9.18 Å². The minimum atomic E-state index is -0.278. The Labute approximate surface area is 120 Å². The monoisotopic (exact) mass is 287 g/mol. The lowest BCUT2D eigenvalue weighted by atomic mass is 10.1. The number of halogens is 2. The second-order valence-electron chi connectivity index (χ2n) is 4.55. The molecule has 3 rings (SSSR count). The van der Waals surface area contributed by atoms with Gasteiger partial charge in [-0.25, -0.2) is 4.39 Å². The molecule has 0 fully saturated rings. The van der Waals surface area contributed by atoms with Crippen molar-refractivity contribution in [2.45, 2.75) is 6.54 Å². The van der Waals surface area contributed by atoms with Crippen LogP contribution in [0.2, 0.25) is 5.02 Å². The highest BCUT2D eigenvalue weighted by atomic mass is 35.5. The molecule has 0 aliphatic carbocycles. The summed E-state index contributed by atoms with van der Waals surface area (Å²) in [6.45, 7) is 0.175. The van der Waals surface area contributed by atoms with E-state index in [0.29, 0.717) is 21.5 Å². The van der Waals surface area contributed by atoms with Gasteiger partial charge in [0.1, 0.15) is 5.82 Å². The molecule has 0 aliphatic heterocycles. The van der Waals surface area contributed by atoms with Crippen molar-refractivity contribution >= 4 is 28.3 Å². The number of benzene rings is 2. The van der Waals surface area contributed by atoms with Crippen LogP contribution in [0.15, 0.2) is 54.7 Å². The van der Waals surface area contributed by atoms with Crippen LogP contribution in [0, 0.1) is 5.82 Å². The number of nitrogens with zero attached hydrogens (tertiary/aromatic N) is 1. The van der Waals surface area contributed by atoms with Gasteiger partial charge in [-0.05, 0) is 42.5 Å². The fourth-order valence-corrected chi connectivity index (χ4v) is 2.33. The largest absolute Gasteiger partial charge is 0.340 e. The van der Waals surface area contributed by atoms with Crippen molar-refractivity contribution in [2.75, 3.05) is 0 Å². The van der Waals surface area contributed by atoms with E-state index in [1.165, 1.54) is 6.07 Å². The first-order valence-corrected chi connectivity index (χ1v) is 6.55. The van der Waals surface area contributed by atoms with Crippen molar-refractivity contribution < 1.29 is 9.18 Å². The number of hydrogen-bond donors (Lipinski definition) is 0. The third kappa shape index (κ3) is 2.32. The van der Waals surface area contributed by atoms with Crippen molar-refractivity contribution in [2.24, 2.45) is 0 Å². The Kier molecular flexibility index (Phi) is 3.28. The molecule has 1 heterocycles. The van der Waals surface area contributed by atoms with Gasteiger partial charge in [-0.15, -0.1) is 0 Å². The van der Waals surface area contributed by atoms with Gasteiger partial charge in [-0.3, -0.25) is 4.79 Å². The second kappa shape index (κ2) is 5.10. The standard InChI is InChI=1S/C16H11ClFNO/c17-12-6-4-11(5-7-12)16(20)10-19-9-8-13-14(18)2-1-3-15(13)19/h1-9H,10H2. The van der Waals surface area contributed by atoms with Gasteiger partial charge in [0.15, 0.2) is 5.78 Å². The van der Waals surface area contributed by atoms with Crippen molar-refractivity contribution in [3.8, 4) is 0 Å². The molecule has 0 aliphatic rings. The zero-order chi connectivity index (χ0) is 14.1. The Hall–Kier alpha value is -2.13. The first-order chi connectivity index (χ1) is 9.65. The van der Waals surface area contributed by atoms with E-state index in [-0.39, 0.29) is 18.1 Å². The SMILES string of the molecule is O=C(Cn1ccc2c(F)cccc21)c1ccc(Cl)cc1. The molecule has 20 heavy (non-hydrogen) atoms.